The monoisotopic (exact) mass is 429 g/mol. The number of aromatic nitrogens is 1. The van der Waals surface area contributed by atoms with E-state index in [9.17, 15) is 17.6 Å². The van der Waals surface area contributed by atoms with E-state index < -0.39 is 15.8 Å². The summed E-state index contributed by atoms with van der Waals surface area (Å²) in [6.45, 7) is 4.27. The number of hydrogen-bond donors (Lipinski definition) is 2. The predicted molar refractivity (Wildman–Crippen MR) is 113 cm³/mol. The number of carbonyl (C=O) groups is 1. The molecular formula is C22H24FN3O3S. The fourth-order valence-electron chi connectivity index (χ4n) is 4.20. The zero-order valence-electron chi connectivity index (χ0n) is 16.9. The Hall–Kier alpha value is -2.71. The molecule has 0 radical (unpaired) electrons. The number of hydrogen-bond acceptors (Lipinski definition) is 3. The molecule has 8 heteroatoms. The van der Waals surface area contributed by atoms with Crippen LogP contribution in [0.2, 0.25) is 0 Å². The van der Waals surface area contributed by atoms with Crippen molar-refractivity contribution >= 4 is 26.8 Å². The lowest BCUT2D eigenvalue weighted by atomic mass is 9.90. The van der Waals surface area contributed by atoms with Crippen LogP contribution in [0.3, 0.4) is 0 Å². The Bertz CT molecular complexity index is 1190. The van der Waals surface area contributed by atoms with Crippen LogP contribution in [-0.2, 0) is 21.2 Å². The molecule has 3 aromatic rings. The highest BCUT2D eigenvalue weighted by Crippen LogP contribution is 2.38. The number of rotatable bonds is 5. The average molecular weight is 430 g/mol. The van der Waals surface area contributed by atoms with Crippen molar-refractivity contribution in [3.05, 3.63) is 65.6 Å². The lowest BCUT2D eigenvalue weighted by Crippen LogP contribution is -2.46. The Morgan fingerprint density at radius 1 is 1.20 bits per heavy atom. The van der Waals surface area contributed by atoms with Gasteiger partial charge in [-0.25, -0.2) is 17.5 Å². The smallest absolute Gasteiger partial charge is 0.241 e. The molecular weight excluding hydrogens is 405 g/mol. The molecule has 1 atom stereocenters. The minimum atomic E-state index is -3.90. The van der Waals surface area contributed by atoms with Gasteiger partial charge in [0.15, 0.2) is 0 Å². The minimum absolute atomic E-state index is 0.0753. The van der Waals surface area contributed by atoms with E-state index in [1.165, 1.54) is 23.1 Å². The van der Waals surface area contributed by atoms with Crippen molar-refractivity contribution in [2.24, 2.45) is 5.92 Å². The highest BCUT2D eigenvalue weighted by atomic mass is 32.2. The van der Waals surface area contributed by atoms with Gasteiger partial charge in [-0.15, -0.1) is 0 Å². The Morgan fingerprint density at radius 3 is 2.60 bits per heavy atom. The summed E-state index contributed by atoms with van der Waals surface area (Å²) < 4.78 is 40.3. The number of sulfonamides is 1. The maximum Gasteiger partial charge on any atom is 0.241 e. The first kappa shape index (κ1) is 20.6. The molecule has 2 heterocycles. The summed E-state index contributed by atoms with van der Waals surface area (Å²) in [6, 6.07) is 12.4. The number of para-hydroxylation sites is 1. The molecule has 158 valence electrons. The van der Waals surface area contributed by atoms with Gasteiger partial charge >= 0.3 is 0 Å². The first-order chi connectivity index (χ1) is 14.3. The van der Waals surface area contributed by atoms with E-state index in [1.54, 1.807) is 4.90 Å². The molecule has 0 spiro atoms. The topological polar surface area (TPSA) is 82.3 Å². The summed E-state index contributed by atoms with van der Waals surface area (Å²) in [5.74, 6) is -0.661. The van der Waals surface area contributed by atoms with Crippen molar-refractivity contribution in [2.45, 2.75) is 31.2 Å². The molecule has 1 unspecified atom stereocenters. The van der Waals surface area contributed by atoms with Crippen LogP contribution in [0.5, 0.6) is 0 Å². The molecule has 30 heavy (non-hydrogen) atoms. The maximum atomic E-state index is 13.1. The van der Waals surface area contributed by atoms with E-state index in [0.29, 0.717) is 13.0 Å². The van der Waals surface area contributed by atoms with E-state index >= 15 is 0 Å². The van der Waals surface area contributed by atoms with Crippen LogP contribution in [0, 0.1) is 11.7 Å². The van der Waals surface area contributed by atoms with Crippen LogP contribution in [-0.4, -0.2) is 37.3 Å². The standard InChI is InChI=1S/C22H24FN3O3S/c1-14(2)22-21-18(17-5-3-4-6-19(17)25-21)11-12-26(22)20(27)13-24-30(28,29)16-9-7-15(23)8-10-16/h3-10,14,22,24-25H,11-13H2,1-2H3. The van der Waals surface area contributed by atoms with Crippen molar-refractivity contribution in [1.29, 1.82) is 0 Å². The van der Waals surface area contributed by atoms with E-state index in [1.807, 2.05) is 32.0 Å². The Balaban J connectivity index is 1.55. The third kappa shape index (κ3) is 3.73. The van der Waals surface area contributed by atoms with Crippen LogP contribution in [0.1, 0.15) is 31.1 Å². The van der Waals surface area contributed by atoms with E-state index in [2.05, 4.69) is 15.8 Å². The number of amides is 1. The highest BCUT2D eigenvalue weighted by Gasteiger charge is 2.35. The van der Waals surface area contributed by atoms with Gasteiger partial charge in [-0.2, -0.15) is 0 Å². The summed E-state index contributed by atoms with van der Waals surface area (Å²) in [4.78, 5) is 18.1. The Kier molecular flexibility index (Phi) is 5.38. The van der Waals surface area contributed by atoms with Crippen LogP contribution in [0.15, 0.2) is 53.4 Å². The molecule has 0 aliphatic carbocycles. The highest BCUT2D eigenvalue weighted by molar-refractivity contribution is 7.89. The first-order valence-corrected chi connectivity index (χ1v) is 11.4. The van der Waals surface area contributed by atoms with Gasteiger partial charge in [0.1, 0.15) is 5.82 Å². The molecule has 6 nitrogen and oxygen atoms in total. The lowest BCUT2D eigenvalue weighted by Gasteiger charge is -2.38. The fraction of sp³-hybridized carbons (Fsp3) is 0.318. The summed E-state index contributed by atoms with van der Waals surface area (Å²) >= 11 is 0. The number of nitrogens with one attached hydrogen (secondary N) is 2. The van der Waals surface area contributed by atoms with Crippen molar-refractivity contribution in [3.63, 3.8) is 0 Å². The molecule has 0 saturated carbocycles. The zero-order chi connectivity index (χ0) is 21.5. The second-order valence-electron chi connectivity index (χ2n) is 7.87. The number of H-pyrrole nitrogens is 1. The second kappa shape index (κ2) is 7.85. The number of halogens is 1. The number of benzene rings is 2. The normalized spacial score (nSPS) is 16.8. The van der Waals surface area contributed by atoms with Gasteiger partial charge in [0.05, 0.1) is 17.5 Å². The second-order valence-corrected chi connectivity index (χ2v) is 9.63. The van der Waals surface area contributed by atoms with Crippen LogP contribution < -0.4 is 4.72 Å². The quantitative estimate of drug-likeness (QED) is 0.652. The Morgan fingerprint density at radius 2 is 1.90 bits per heavy atom. The number of carbonyl (C=O) groups excluding carboxylic acids is 1. The molecule has 4 rings (SSSR count). The largest absolute Gasteiger partial charge is 0.356 e. The molecule has 0 saturated heterocycles. The molecule has 1 aromatic heterocycles. The fourth-order valence-corrected chi connectivity index (χ4v) is 5.17. The molecule has 1 amide bonds. The van der Waals surface area contributed by atoms with Crippen molar-refractivity contribution in [2.75, 3.05) is 13.1 Å². The van der Waals surface area contributed by atoms with E-state index in [-0.39, 0.29) is 29.3 Å². The first-order valence-electron chi connectivity index (χ1n) is 9.92. The van der Waals surface area contributed by atoms with Gasteiger partial charge in [0.2, 0.25) is 15.9 Å². The average Bonchev–Trinajstić information content (AvgIpc) is 3.10. The molecule has 2 N–H and O–H groups in total. The third-order valence-corrected chi connectivity index (χ3v) is 6.99. The van der Waals surface area contributed by atoms with Gasteiger partial charge < -0.3 is 9.88 Å². The van der Waals surface area contributed by atoms with Gasteiger partial charge in [0, 0.05) is 23.1 Å². The van der Waals surface area contributed by atoms with Crippen LogP contribution in [0.25, 0.3) is 10.9 Å². The van der Waals surface area contributed by atoms with Crippen molar-refractivity contribution in [1.82, 2.24) is 14.6 Å². The summed E-state index contributed by atoms with van der Waals surface area (Å²) in [5, 5.41) is 1.17. The van der Waals surface area contributed by atoms with Crippen LogP contribution in [0.4, 0.5) is 4.39 Å². The number of fused-ring (bicyclic) bond motifs is 3. The molecule has 1 aliphatic heterocycles. The minimum Gasteiger partial charge on any atom is -0.356 e. The van der Waals surface area contributed by atoms with Gasteiger partial charge in [-0.1, -0.05) is 32.0 Å². The summed E-state index contributed by atoms with van der Waals surface area (Å²) in [6.07, 6.45) is 0.707. The van der Waals surface area contributed by atoms with Gasteiger partial charge in [0.25, 0.3) is 0 Å². The number of aromatic amines is 1. The zero-order valence-corrected chi connectivity index (χ0v) is 17.7. The van der Waals surface area contributed by atoms with E-state index in [0.717, 1.165) is 23.3 Å². The molecule has 0 bridgehead atoms. The summed E-state index contributed by atoms with van der Waals surface area (Å²) in [7, 11) is -3.90. The lowest BCUT2D eigenvalue weighted by molar-refractivity contribution is -0.134. The maximum absolute atomic E-state index is 13.1. The van der Waals surface area contributed by atoms with Gasteiger partial charge in [-0.05, 0) is 48.2 Å². The van der Waals surface area contributed by atoms with Gasteiger partial charge in [-0.3, -0.25) is 4.79 Å². The van der Waals surface area contributed by atoms with Crippen LogP contribution >= 0.6 is 0 Å². The number of nitrogens with zero attached hydrogens (tertiary/aromatic N) is 1. The molecule has 2 aromatic carbocycles. The van der Waals surface area contributed by atoms with Crippen molar-refractivity contribution < 1.29 is 17.6 Å². The van der Waals surface area contributed by atoms with Crippen molar-refractivity contribution in [3.8, 4) is 0 Å². The van der Waals surface area contributed by atoms with E-state index in [4.69, 9.17) is 0 Å². The SMILES string of the molecule is CC(C)C1c2[nH]c3ccccc3c2CCN1C(=O)CNS(=O)(=O)c1ccc(F)cc1. The Labute approximate surface area is 175 Å². The summed E-state index contributed by atoms with van der Waals surface area (Å²) in [5.41, 5.74) is 3.28. The molecule has 1 aliphatic rings. The predicted octanol–water partition coefficient (Wildman–Crippen LogP) is 3.37. The molecule has 0 fully saturated rings. The third-order valence-electron chi connectivity index (χ3n) is 5.57.